The van der Waals surface area contributed by atoms with Crippen molar-refractivity contribution in [2.45, 2.75) is 27.4 Å². The molecule has 0 spiro atoms. The molecule has 4 nitrogen and oxygen atoms in total. The Morgan fingerprint density at radius 2 is 1.78 bits per heavy atom. The van der Waals surface area contributed by atoms with Crippen LogP contribution >= 0.6 is 0 Å². The fourth-order valence-electron chi connectivity index (χ4n) is 3.09. The van der Waals surface area contributed by atoms with Crippen molar-refractivity contribution in [3.05, 3.63) is 87.3 Å². The second-order valence-corrected chi connectivity index (χ2v) is 6.78. The first-order valence-electron chi connectivity index (χ1n) is 8.83. The summed E-state index contributed by atoms with van der Waals surface area (Å²) in [5, 5.41) is 0.507. The lowest BCUT2D eigenvalue weighted by atomic mass is 10.1. The number of benzene rings is 2. The summed E-state index contributed by atoms with van der Waals surface area (Å²) in [5.74, 6) is 0.946. The van der Waals surface area contributed by atoms with Gasteiger partial charge in [0.1, 0.15) is 12.2 Å². The molecule has 0 bridgehead atoms. The molecule has 0 aliphatic rings. The molecule has 2 aromatic heterocycles. The second-order valence-electron chi connectivity index (χ2n) is 6.78. The minimum Gasteiger partial charge on any atom is -0.481 e. The third kappa shape index (κ3) is 3.26. The molecule has 0 radical (unpaired) electrons. The average Bonchev–Trinajstić information content (AvgIpc) is 3.17. The molecule has 4 rings (SSSR count). The number of rotatable bonds is 4. The Morgan fingerprint density at radius 3 is 2.52 bits per heavy atom. The summed E-state index contributed by atoms with van der Waals surface area (Å²) < 4.78 is 17.5. The molecule has 2 aromatic carbocycles. The molecule has 27 heavy (non-hydrogen) atoms. The highest BCUT2D eigenvalue weighted by Crippen LogP contribution is 2.32. The lowest BCUT2D eigenvalue weighted by molar-refractivity contribution is 0.296. The van der Waals surface area contributed by atoms with Crippen molar-refractivity contribution in [3.63, 3.8) is 0 Å². The van der Waals surface area contributed by atoms with Crippen LogP contribution in [0.1, 0.15) is 22.3 Å². The fraction of sp³-hybridized carbons (Fsp3) is 0.174. The van der Waals surface area contributed by atoms with E-state index in [0.717, 1.165) is 22.3 Å². The van der Waals surface area contributed by atoms with Gasteiger partial charge in [0, 0.05) is 0 Å². The normalized spacial score (nSPS) is 11.1. The highest BCUT2D eigenvalue weighted by atomic mass is 16.5. The van der Waals surface area contributed by atoms with Crippen molar-refractivity contribution in [2.75, 3.05) is 0 Å². The highest BCUT2D eigenvalue weighted by molar-refractivity contribution is 5.82. The van der Waals surface area contributed by atoms with Crippen LogP contribution in [0.2, 0.25) is 0 Å². The topological polar surface area (TPSA) is 52.6 Å². The van der Waals surface area contributed by atoms with Gasteiger partial charge in [0.25, 0.3) is 0 Å². The largest absolute Gasteiger partial charge is 0.481 e. The zero-order valence-electron chi connectivity index (χ0n) is 15.5. The van der Waals surface area contributed by atoms with Crippen molar-refractivity contribution >= 4 is 11.0 Å². The van der Waals surface area contributed by atoms with Crippen LogP contribution < -0.4 is 10.2 Å². The summed E-state index contributed by atoms with van der Waals surface area (Å²) in [6.45, 7) is 6.26. The first-order chi connectivity index (χ1) is 13.0. The van der Waals surface area contributed by atoms with Gasteiger partial charge in [-0.05, 0) is 61.7 Å². The lowest BCUT2D eigenvalue weighted by Crippen LogP contribution is -2.10. The van der Waals surface area contributed by atoms with Crippen LogP contribution in [0.25, 0.3) is 22.5 Å². The summed E-state index contributed by atoms with van der Waals surface area (Å²) in [7, 11) is 0. The minimum atomic E-state index is -0.196. The van der Waals surface area contributed by atoms with Gasteiger partial charge in [0.2, 0.25) is 16.9 Å². The van der Waals surface area contributed by atoms with Crippen molar-refractivity contribution in [2.24, 2.45) is 0 Å². The molecule has 0 N–H and O–H groups in total. The number of hydrogen-bond acceptors (Lipinski definition) is 4. The van der Waals surface area contributed by atoms with Crippen LogP contribution in [0, 0.1) is 20.8 Å². The van der Waals surface area contributed by atoms with Crippen molar-refractivity contribution in [1.82, 2.24) is 0 Å². The van der Waals surface area contributed by atoms with E-state index in [4.69, 9.17) is 13.6 Å². The monoisotopic (exact) mass is 360 g/mol. The minimum absolute atomic E-state index is 0.169. The van der Waals surface area contributed by atoms with Crippen LogP contribution in [-0.4, -0.2) is 0 Å². The average molecular weight is 360 g/mol. The zero-order chi connectivity index (χ0) is 19.0. The van der Waals surface area contributed by atoms with Crippen molar-refractivity contribution < 1.29 is 13.6 Å². The van der Waals surface area contributed by atoms with E-state index in [2.05, 4.69) is 0 Å². The Kier molecular flexibility index (Phi) is 4.32. The van der Waals surface area contributed by atoms with Gasteiger partial charge >= 0.3 is 0 Å². The summed E-state index contributed by atoms with van der Waals surface area (Å²) in [5.41, 5.74) is 4.55. The first-order valence-corrected chi connectivity index (χ1v) is 8.83. The fourth-order valence-corrected chi connectivity index (χ4v) is 3.09. The summed E-state index contributed by atoms with van der Waals surface area (Å²) >= 11 is 0. The van der Waals surface area contributed by atoms with Crippen LogP contribution in [0.3, 0.4) is 0 Å². The molecule has 0 saturated carbocycles. The van der Waals surface area contributed by atoms with Crippen LogP contribution in [0.15, 0.2) is 68.4 Å². The van der Waals surface area contributed by atoms with E-state index in [0.29, 0.717) is 22.5 Å². The predicted octanol–water partition coefficient (Wildman–Crippen LogP) is 5.56. The quantitative estimate of drug-likeness (QED) is 0.478. The smallest absolute Gasteiger partial charge is 0.235 e. The number of aryl methyl sites for hydroxylation is 3. The molecule has 2 heterocycles. The molecule has 0 aliphatic heterocycles. The Labute approximate surface area is 157 Å². The molecule has 0 amide bonds. The Bertz CT molecular complexity index is 1170. The van der Waals surface area contributed by atoms with Crippen LogP contribution in [0.4, 0.5) is 0 Å². The molecule has 0 atom stereocenters. The zero-order valence-corrected chi connectivity index (χ0v) is 15.5. The van der Waals surface area contributed by atoms with Gasteiger partial charge in [-0.15, -0.1) is 0 Å². The number of hydrogen-bond donors (Lipinski definition) is 0. The number of fused-ring (bicyclic) bond motifs is 1. The van der Waals surface area contributed by atoms with Gasteiger partial charge in [-0.2, -0.15) is 0 Å². The van der Waals surface area contributed by atoms with Gasteiger partial charge in [-0.1, -0.05) is 29.8 Å². The predicted molar refractivity (Wildman–Crippen MR) is 105 cm³/mol. The molecule has 0 fully saturated rings. The van der Waals surface area contributed by atoms with Gasteiger partial charge in [-0.25, -0.2) is 0 Å². The van der Waals surface area contributed by atoms with Gasteiger partial charge in [0.05, 0.1) is 11.6 Å². The van der Waals surface area contributed by atoms with Crippen molar-refractivity contribution in [3.8, 4) is 17.3 Å². The Morgan fingerprint density at radius 1 is 0.963 bits per heavy atom. The number of furan rings is 1. The van der Waals surface area contributed by atoms with Crippen LogP contribution in [0.5, 0.6) is 5.75 Å². The van der Waals surface area contributed by atoms with Crippen molar-refractivity contribution in [1.29, 1.82) is 0 Å². The van der Waals surface area contributed by atoms with Gasteiger partial charge in [0.15, 0.2) is 5.76 Å². The standard InChI is InChI=1S/C23H20O4/c1-14-6-4-7-17(10-14)13-26-23-21(24)18-11-15(2)16(3)12-20(18)27-22(23)19-8-5-9-25-19/h4-12H,13H2,1-3H3. The molecule has 136 valence electrons. The van der Waals surface area contributed by atoms with E-state index in [1.54, 1.807) is 18.4 Å². The molecule has 0 unspecified atom stereocenters. The lowest BCUT2D eigenvalue weighted by Gasteiger charge is -2.11. The van der Waals surface area contributed by atoms with Gasteiger partial charge < -0.3 is 13.6 Å². The maximum Gasteiger partial charge on any atom is 0.235 e. The maximum atomic E-state index is 13.2. The molecule has 4 heteroatoms. The molecule has 0 saturated heterocycles. The molecular formula is C23H20O4. The van der Waals surface area contributed by atoms with E-state index < -0.39 is 0 Å². The van der Waals surface area contributed by atoms with E-state index in [-0.39, 0.29) is 17.8 Å². The molecular weight excluding hydrogens is 340 g/mol. The second kappa shape index (κ2) is 6.80. The summed E-state index contributed by atoms with van der Waals surface area (Å²) in [4.78, 5) is 13.2. The summed E-state index contributed by atoms with van der Waals surface area (Å²) in [6, 6.07) is 15.2. The third-order valence-corrected chi connectivity index (χ3v) is 4.68. The van der Waals surface area contributed by atoms with E-state index >= 15 is 0 Å². The maximum absolute atomic E-state index is 13.2. The van der Waals surface area contributed by atoms with E-state index in [1.807, 2.05) is 57.2 Å². The van der Waals surface area contributed by atoms with Crippen LogP contribution in [-0.2, 0) is 6.61 Å². The first kappa shape index (κ1) is 17.2. The van der Waals surface area contributed by atoms with Gasteiger partial charge in [-0.3, -0.25) is 4.79 Å². The summed E-state index contributed by atoms with van der Waals surface area (Å²) in [6.07, 6.45) is 1.55. The molecule has 4 aromatic rings. The van der Waals surface area contributed by atoms with E-state index in [1.165, 1.54) is 0 Å². The SMILES string of the molecule is Cc1cccc(COc2c(-c3ccco3)oc3cc(C)c(C)cc3c2=O)c1. The molecule has 0 aliphatic carbocycles. The number of ether oxygens (including phenoxy) is 1. The van der Waals surface area contributed by atoms with E-state index in [9.17, 15) is 4.79 Å². The Hall–Kier alpha value is -3.27. The highest BCUT2D eigenvalue weighted by Gasteiger charge is 2.20. The Balaban J connectivity index is 1.86. The third-order valence-electron chi connectivity index (χ3n) is 4.68.